The smallest absolute Gasteiger partial charge is 0.118 e. The summed E-state index contributed by atoms with van der Waals surface area (Å²) >= 11 is 5.96. The van der Waals surface area contributed by atoms with Crippen molar-refractivity contribution in [2.75, 3.05) is 4.90 Å². The van der Waals surface area contributed by atoms with Gasteiger partial charge in [-0.3, -0.25) is 4.42 Å². The van der Waals surface area contributed by atoms with Crippen LogP contribution in [0.4, 0.5) is 5.69 Å². The maximum absolute atomic E-state index is 5.96. The van der Waals surface area contributed by atoms with E-state index in [1.807, 2.05) is 24.5 Å². The Morgan fingerprint density at radius 3 is 2.50 bits per heavy atom. The molecule has 1 aliphatic heterocycles. The molecule has 1 atom stereocenters. The van der Waals surface area contributed by atoms with Gasteiger partial charge in [0.2, 0.25) is 0 Å². The summed E-state index contributed by atoms with van der Waals surface area (Å²) < 4.78 is 1.67. The second-order valence-corrected chi connectivity index (χ2v) is 3.86. The van der Waals surface area contributed by atoms with Crippen LogP contribution in [0.15, 0.2) is 36.7 Å². The lowest BCUT2D eigenvalue weighted by Crippen LogP contribution is -2.31. The Hall–Kier alpha value is -1.15. The lowest BCUT2D eigenvalue weighted by atomic mass is 10.2. The van der Waals surface area contributed by atoms with Crippen molar-refractivity contribution in [3.63, 3.8) is 0 Å². The van der Waals surface area contributed by atoms with Gasteiger partial charge in [-0.25, -0.2) is 0 Å². The molecule has 1 aromatic carbocycles. The lowest BCUT2D eigenvalue weighted by molar-refractivity contribution is 0.497. The molecule has 74 valence electrons. The summed E-state index contributed by atoms with van der Waals surface area (Å²) in [7, 11) is 0. The highest BCUT2D eigenvalue weighted by Crippen LogP contribution is 2.27. The number of benzene rings is 1. The van der Waals surface area contributed by atoms with Gasteiger partial charge in [-0.05, 0) is 25.5 Å². The molecule has 1 heterocycles. The zero-order valence-corrected chi connectivity index (χ0v) is 9.07. The Balaban J connectivity index is 2.33. The number of halogens is 1. The molecule has 0 N–H and O–H groups in total. The summed E-state index contributed by atoms with van der Waals surface area (Å²) in [6.07, 6.45) is 4.05. The van der Waals surface area contributed by atoms with E-state index in [0.717, 1.165) is 0 Å². The van der Waals surface area contributed by atoms with E-state index in [-0.39, 0.29) is 6.17 Å². The van der Waals surface area contributed by atoms with Gasteiger partial charge in [-0.15, -0.1) is 0 Å². The van der Waals surface area contributed by atoms with E-state index >= 15 is 0 Å². The van der Waals surface area contributed by atoms with Crippen LogP contribution in [0.5, 0.6) is 0 Å². The van der Waals surface area contributed by atoms with Crippen LogP contribution in [0.2, 0.25) is 0 Å². The first-order chi connectivity index (χ1) is 6.70. The third-order valence-corrected chi connectivity index (χ3v) is 2.92. The highest BCUT2D eigenvalue weighted by Gasteiger charge is 2.22. The van der Waals surface area contributed by atoms with E-state index in [1.54, 1.807) is 4.42 Å². The van der Waals surface area contributed by atoms with Crippen molar-refractivity contribution < 1.29 is 0 Å². The first-order valence-corrected chi connectivity index (χ1v) is 5.00. The van der Waals surface area contributed by atoms with E-state index in [1.165, 1.54) is 11.3 Å². The summed E-state index contributed by atoms with van der Waals surface area (Å²) in [6.45, 7) is 4.17. The number of nitrogens with zero attached hydrogens (tertiary/aromatic N) is 2. The van der Waals surface area contributed by atoms with Gasteiger partial charge in [0.15, 0.2) is 0 Å². The van der Waals surface area contributed by atoms with Crippen LogP contribution >= 0.6 is 11.8 Å². The van der Waals surface area contributed by atoms with E-state index in [9.17, 15) is 0 Å². The summed E-state index contributed by atoms with van der Waals surface area (Å²) in [5.74, 6) is 0. The molecule has 2 rings (SSSR count). The number of hydrogen-bond donors (Lipinski definition) is 0. The van der Waals surface area contributed by atoms with Gasteiger partial charge in [-0.2, -0.15) is 0 Å². The van der Waals surface area contributed by atoms with E-state index in [2.05, 4.69) is 30.9 Å². The molecule has 1 unspecified atom stereocenters. The summed E-state index contributed by atoms with van der Waals surface area (Å²) in [4.78, 5) is 2.16. The minimum atomic E-state index is 0.178. The highest BCUT2D eigenvalue weighted by atomic mass is 35.5. The number of hydrogen-bond acceptors (Lipinski definition) is 2. The molecular weight excluding hydrogens is 196 g/mol. The standard InChI is InChI=1S/C11H13ClN2/c1-9-5-3-4-6-11(9)13-7-8-14(12)10(13)2/h3-8,10H,1-2H3. The van der Waals surface area contributed by atoms with Gasteiger partial charge in [0.05, 0.1) is 0 Å². The molecule has 0 amide bonds. The molecule has 0 radical (unpaired) electrons. The minimum absolute atomic E-state index is 0.178. The first kappa shape index (κ1) is 9.41. The molecule has 0 saturated carbocycles. The van der Waals surface area contributed by atoms with E-state index in [0.29, 0.717) is 0 Å². The predicted molar refractivity (Wildman–Crippen MR) is 60.0 cm³/mol. The zero-order valence-electron chi connectivity index (χ0n) is 8.31. The fourth-order valence-corrected chi connectivity index (χ4v) is 1.78. The monoisotopic (exact) mass is 208 g/mol. The number of rotatable bonds is 1. The lowest BCUT2D eigenvalue weighted by Gasteiger charge is -2.26. The molecule has 0 saturated heterocycles. The Morgan fingerprint density at radius 1 is 1.21 bits per heavy atom. The number of anilines is 1. The van der Waals surface area contributed by atoms with Crippen molar-refractivity contribution in [3.05, 3.63) is 42.2 Å². The van der Waals surface area contributed by atoms with Crippen molar-refractivity contribution in [2.45, 2.75) is 20.0 Å². The molecule has 0 aliphatic carbocycles. The second kappa shape index (κ2) is 3.54. The molecule has 0 aromatic heterocycles. The van der Waals surface area contributed by atoms with E-state index in [4.69, 9.17) is 11.8 Å². The van der Waals surface area contributed by atoms with Crippen molar-refractivity contribution in [1.29, 1.82) is 0 Å². The number of para-hydroxylation sites is 1. The molecule has 14 heavy (non-hydrogen) atoms. The predicted octanol–water partition coefficient (Wildman–Crippen LogP) is 3.09. The second-order valence-electron chi connectivity index (χ2n) is 3.47. The maximum Gasteiger partial charge on any atom is 0.118 e. The molecule has 2 nitrogen and oxygen atoms in total. The van der Waals surface area contributed by atoms with Gasteiger partial charge in [0.1, 0.15) is 6.17 Å². The summed E-state index contributed by atoms with van der Waals surface area (Å²) in [5.41, 5.74) is 2.47. The fraction of sp³-hybridized carbons (Fsp3) is 0.273. The average molecular weight is 209 g/mol. The molecular formula is C11H13ClN2. The van der Waals surface area contributed by atoms with Crippen molar-refractivity contribution in [1.82, 2.24) is 4.42 Å². The van der Waals surface area contributed by atoms with E-state index < -0.39 is 0 Å². The van der Waals surface area contributed by atoms with Crippen LogP contribution in [-0.4, -0.2) is 10.6 Å². The summed E-state index contributed by atoms with van der Waals surface area (Å²) in [6, 6.07) is 8.29. The third kappa shape index (κ3) is 1.46. The average Bonchev–Trinajstić information content (AvgIpc) is 2.49. The Kier molecular flexibility index (Phi) is 2.38. The molecule has 1 aromatic rings. The van der Waals surface area contributed by atoms with Crippen LogP contribution in [0.25, 0.3) is 0 Å². The Morgan fingerprint density at radius 2 is 1.93 bits per heavy atom. The van der Waals surface area contributed by atoms with Gasteiger partial charge < -0.3 is 4.90 Å². The van der Waals surface area contributed by atoms with Crippen LogP contribution < -0.4 is 4.90 Å². The molecule has 0 fully saturated rings. The Labute approximate surface area is 89.5 Å². The van der Waals surface area contributed by atoms with Crippen molar-refractivity contribution in [2.24, 2.45) is 0 Å². The molecule has 0 bridgehead atoms. The van der Waals surface area contributed by atoms with Gasteiger partial charge >= 0.3 is 0 Å². The van der Waals surface area contributed by atoms with Crippen molar-refractivity contribution >= 4 is 17.5 Å². The molecule has 3 heteroatoms. The topological polar surface area (TPSA) is 6.48 Å². The van der Waals surface area contributed by atoms with Gasteiger partial charge in [0.25, 0.3) is 0 Å². The maximum atomic E-state index is 5.96. The van der Waals surface area contributed by atoms with Crippen LogP contribution in [0.3, 0.4) is 0 Å². The number of aryl methyl sites for hydroxylation is 1. The third-order valence-electron chi connectivity index (χ3n) is 2.52. The van der Waals surface area contributed by atoms with Crippen molar-refractivity contribution in [3.8, 4) is 0 Å². The quantitative estimate of drug-likeness (QED) is 0.655. The zero-order chi connectivity index (χ0) is 10.1. The first-order valence-electron chi connectivity index (χ1n) is 4.66. The molecule has 1 aliphatic rings. The van der Waals surface area contributed by atoms with Crippen LogP contribution in [-0.2, 0) is 0 Å². The highest BCUT2D eigenvalue weighted by molar-refractivity contribution is 6.14. The molecule has 0 spiro atoms. The summed E-state index contributed by atoms with van der Waals surface area (Å²) in [5, 5.41) is 0. The SMILES string of the molecule is Cc1ccccc1N1C=CN(Cl)C1C. The normalized spacial score (nSPS) is 20.6. The Bertz CT molecular complexity index is 362. The van der Waals surface area contributed by atoms with Crippen LogP contribution in [0.1, 0.15) is 12.5 Å². The van der Waals surface area contributed by atoms with Crippen LogP contribution in [0, 0.1) is 6.92 Å². The van der Waals surface area contributed by atoms with Gasteiger partial charge in [-0.1, -0.05) is 18.2 Å². The largest absolute Gasteiger partial charge is 0.324 e. The van der Waals surface area contributed by atoms with Gasteiger partial charge in [0, 0.05) is 29.9 Å². The fourth-order valence-electron chi connectivity index (χ4n) is 1.64. The minimum Gasteiger partial charge on any atom is -0.324 e.